The number of rotatable bonds is 5. The second kappa shape index (κ2) is 6.84. The lowest BCUT2D eigenvalue weighted by molar-refractivity contribution is -0.227. The first-order valence-corrected chi connectivity index (χ1v) is 7.96. The van der Waals surface area contributed by atoms with Crippen molar-refractivity contribution in [1.29, 1.82) is 0 Å². The first-order valence-electron chi connectivity index (χ1n) is 7.08. The second-order valence-electron chi connectivity index (χ2n) is 5.72. The van der Waals surface area contributed by atoms with Gasteiger partial charge in [0.15, 0.2) is 17.2 Å². The minimum Gasteiger partial charge on any atom is -0.465 e. The Kier molecular flexibility index (Phi) is 5.50. The van der Waals surface area contributed by atoms with Crippen molar-refractivity contribution in [2.45, 2.75) is 63.3 Å². The third-order valence-corrected chi connectivity index (χ3v) is 4.45. The fourth-order valence-electron chi connectivity index (χ4n) is 2.69. The molecule has 0 N–H and O–H groups in total. The molecular weight excluding hydrogens is 312 g/mol. The maximum absolute atomic E-state index is 11.5. The van der Waals surface area contributed by atoms with Gasteiger partial charge in [0.2, 0.25) is 0 Å². The van der Waals surface area contributed by atoms with Gasteiger partial charge >= 0.3 is 5.97 Å². The molecule has 0 unspecified atom stereocenters. The van der Waals surface area contributed by atoms with Crippen LogP contribution in [0, 0.1) is 0 Å². The average Bonchev–Trinajstić information content (AvgIpc) is 2.87. The number of carbonyl (C=O) groups excluding carboxylic acids is 2. The lowest BCUT2D eigenvalue weighted by Gasteiger charge is -2.27. The molecule has 0 aliphatic carbocycles. The van der Waals surface area contributed by atoms with Gasteiger partial charge in [-0.3, -0.25) is 9.59 Å². The third-order valence-electron chi connectivity index (χ3n) is 3.41. The van der Waals surface area contributed by atoms with Gasteiger partial charge in [-0.05, 0) is 13.8 Å². The van der Waals surface area contributed by atoms with Crippen molar-refractivity contribution in [2.24, 2.45) is 0 Å². The van der Waals surface area contributed by atoms with E-state index in [0.717, 1.165) is 11.8 Å². The van der Waals surface area contributed by atoms with Crippen LogP contribution in [0.4, 0.5) is 0 Å². The molecule has 0 aromatic carbocycles. The molecule has 0 amide bonds. The highest BCUT2D eigenvalue weighted by molar-refractivity contribution is 8.14. The first-order chi connectivity index (χ1) is 10.2. The largest absolute Gasteiger partial charge is 0.465 e. The summed E-state index contributed by atoms with van der Waals surface area (Å²) in [5.74, 6) is -1.16. The minimum absolute atomic E-state index is 0.0632. The molecule has 2 heterocycles. The Morgan fingerprint density at radius 1 is 1.23 bits per heavy atom. The van der Waals surface area contributed by atoms with Crippen molar-refractivity contribution in [3.63, 3.8) is 0 Å². The van der Waals surface area contributed by atoms with Gasteiger partial charge in [0.1, 0.15) is 24.9 Å². The van der Waals surface area contributed by atoms with Crippen LogP contribution in [-0.4, -0.2) is 60.4 Å². The fraction of sp³-hybridized carbons (Fsp3) is 0.857. The van der Waals surface area contributed by atoms with E-state index in [1.807, 2.05) is 13.8 Å². The Balaban J connectivity index is 2.15. The standard InChI is InChI=1S/C14H22O7S/c1-7(15)18-6-9(22-8(2)16)10-11-12(13(17-5)19-10)21-14(3,4)20-11/h9-13H,6H2,1-5H3/t9-,10-,11-,12-,13-/m0/s1. The maximum atomic E-state index is 11.5. The number of carbonyl (C=O) groups is 2. The van der Waals surface area contributed by atoms with E-state index in [4.69, 9.17) is 23.7 Å². The molecule has 2 fully saturated rings. The number of ether oxygens (including phenoxy) is 5. The van der Waals surface area contributed by atoms with Gasteiger partial charge in [0.05, 0.1) is 5.25 Å². The van der Waals surface area contributed by atoms with Crippen molar-refractivity contribution in [1.82, 2.24) is 0 Å². The summed E-state index contributed by atoms with van der Waals surface area (Å²) >= 11 is 1.07. The summed E-state index contributed by atoms with van der Waals surface area (Å²) < 4.78 is 27.9. The van der Waals surface area contributed by atoms with E-state index in [-0.39, 0.29) is 29.2 Å². The summed E-state index contributed by atoms with van der Waals surface area (Å²) in [6.45, 7) is 6.47. The molecule has 7 nitrogen and oxygen atoms in total. The molecule has 8 heteroatoms. The molecule has 126 valence electrons. The van der Waals surface area contributed by atoms with Gasteiger partial charge in [-0.2, -0.15) is 0 Å². The Labute approximate surface area is 133 Å². The Bertz CT molecular complexity index is 439. The highest BCUT2D eigenvalue weighted by atomic mass is 32.2. The molecule has 2 aliphatic heterocycles. The smallest absolute Gasteiger partial charge is 0.302 e. The molecule has 0 spiro atoms. The molecule has 2 saturated heterocycles. The van der Waals surface area contributed by atoms with Crippen molar-refractivity contribution >= 4 is 22.8 Å². The fourth-order valence-corrected chi connectivity index (χ4v) is 3.60. The van der Waals surface area contributed by atoms with Crippen molar-refractivity contribution in [2.75, 3.05) is 13.7 Å². The van der Waals surface area contributed by atoms with Gasteiger partial charge in [0, 0.05) is 21.0 Å². The molecule has 0 radical (unpaired) electrons. The number of esters is 1. The molecule has 2 rings (SSSR count). The zero-order valence-electron chi connectivity index (χ0n) is 13.4. The highest BCUT2D eigenvalue weighted by Crippen LogP contribution is 2.42. The van der Waals surface area contributed by atoms with Gasteiger partial charge in [-0.25, -0.2) is 0 Å². The lowest BCUT2D eigenvalue weighted by atomic mass is 10.1. The van der Waals surface area contributed by atoms with Crippen molar-refractivity contribution in [3.05, 3.63) is 0 Å². The topological polar surface area (TPSA) is 80.3 Å². The summed E-state index contributed by atoms with van der Waals surface area (Å²) in [5.41, 5.74) is 0. The van der Waals surface area contributed by atoms with Gasteiger partial charge in [-0.1, -0.05) is 11.8 Å². The molecule has 0 saturated carbocycles. The van der Waals surface area contributed by atoms with E-state index in [1.165, 1.54) is 21.0 Å². The van der Waals surface area contributed by atoms with Crippen LogP contribution in [0.15, 0.2) is 0 Å². The third kappa shape index (κ3) is 3.99. The second-order valence-corrected chi connectivity index (χ2v) is 7.14. The molecule has 0 aromatic rings. The maximum Gasteiger partial charge on any atom is 0.302 e. The van der Waals surface area contributed by atoms with Gasteiger partial charge in [-0.15, -0.1) is 0 Å². The van der Waals surface area contributed by atoms with Crippen LogP contribution in [0.5, 0.6) is 0 Å². The number of hydrogen-bond acceptors (Lipinski definition) is 8. The van der Waals surface area contributed by atoms with Crippen LogP contribution in [0.25, 0.3) is 0 Å². The van der Waals surface area contributed by atoms with E-state index in [1.54, 1.807) is 0 Å². The predicted molar refractivity (Wildman–Crippen MR) is 78.2 cm³/mol. The number of methoxy groups -OCH3 is 1. The van der Waals surface area contributed by atoms with Crippen LogP contribution < -0.4 is 0 Å². The molecule has 2 aliphatic rings. The summed E-state index contributed by atoms with van der Waals surface area (Å²) in [6, 6.07) is 0. The monoisotopic (exact) mass is 334 g/mol. The van der Waals surface area contributed by atoms with Crippen LogP contribution in [0.2, 0.25) is 0 Å². The van der Waals surface area contributed by atoms with E-state index in [9.17, 15) is 9.59 Å². The SMILES string of the molecule is CO[C@H]1O[C@@H]([C@H](COC(C)=O)SC(C)=O)[C@@H]2OC(C)(C)O[C@H]12. The van der Waals surface area contributed by atoms with Crippen molar-refractivity contribution in [3.8, 4) is 0 Å². The summed E-state index contributed by atoms with van der Waals surface area (Å²) in [7, 11) is 1.53. The summed E-state index contributed by atoms with van der Waals surface area (Å²) in [6.07, 6.45) is -1.81. The summed E-state index contributed by atoms with van der Waals surface area (Å²) in [4.78, 5) is 22.6. The molecule has 0 bridgehead atoms. The zero-order chi connectivity index (χ0) is 16.5. The van der Waals surface area contributed by atoms with Gasteiger partial charge < -0.3 is 23.7 Å². The van der Waals surface area contributed by atoms with Gasteiger partial charge in [0.25, 0.3) is 0 Å². The van der Waals surface area contributed by atoms with Crippen LogP contribution >= 0.6 is 11.8 Å². The van der Waals surface area contributed by atoms with E-state index in [2.05, 4.69) is 0 Å². The molecule has 22 heavy (non-hydrogen) atoms. The average molecular weight is 334 g/mol. The highest BCUT2D eigenvalue weighted by Gasteiger charge is 2.57. The van der Waals surface area contributed by atoms with Crippen molar-refractivity contribution < 1.29 is 33.3 Å². The quantitative estimate of drug-likeness (QED) is 0.691. The molecule has 5 atom stereocenters. The van der Waals surface area contributed by atoms with E-state index >= 15 is 0 Å². The Hall–Kier alpha value is -0.670. The van der Waals surface area contributed by atoms with Crippen LogP contribution in [0.3, 0.4) is 0 Å². The first kappa shape index (κ1) is 17.7. The van der Waals surface area contributed by atoms with Crippen LogP contribution in [0.1, 0.15) is 27.7 Å². The number of fused-ring (bicyclic) bond motifs is 1. The number of hydrogen-bond donors (Lipinski definition) is 0. The lowest BCUT2D eigenvalue weighted by Crippen LogP contribution is -2.40. The number of thioether (sulfide) groups is 1. The van der Waals surface area contributed by atoms with Crippen LogP contribution in [-0.2, 0) is 33.3 Å². The normalized spacial score (nSPS) is 34.2. The predicted octanol–water partition coefficient (Wildman–Crippen LogP) is 1.09. The zero-order valence-corrected chi connectivity index (χ0v) is 14.2. The minimum atomic E-state index is -0.749. The molecule has 0 aromatic heterocycles. The van der Waals surface area contributed by atoms with E-state index in [0.29, 0.717) is 0 Å². The molecular formula is C14H22O7S. The van der Waals surface area contributed by atoms with E-state index < -0.39 is 24.2 Å². The Morgan fingerprint density at radius 3 is 2.41 bits per heavy atom. The Morgan fingerprint density at radius 2 is 1.86 bits per heavy atom. The summed E-state index contributed by atoms with van der Waals surface area (Å²) in [5, 5.41) is -0.470.